The van der Waals surface area contributed by atoms with Gasteiger partial charge in [-0.15, -0.1) is 0 Å². The molecule has 0 unspecified atom stereocenters. The Morgan fingerprint density at radius 2 is 1.71 bits per heavy atom. The number of fused-ring (bicyclic) bond motifs is 1. The van der Waals surface area contributed by atoms with Crippen molar-refractivity contribution in [3.63, 3.8) is 0 Å². The first kappa shape index (κ1) is 19.5. The molecule has 0 aliphatic heterocycles. The van der Waals surface area contributed by atoms with Crippen LogP contribution in [0.1, 0.15) is 18.1 Å². The minimum absolute atomic E-state index is 0.0584. The number of benzene rings is 2. The van der Waals surface area contributed by atoms with E-state index in [-0.39, 0.29) is 5.91 Å². The second kappa shape index (κ2) is 9.60. The van der Waals surface area contributed by atoms with Gasteiger partial charge in [0.2, 0.25) is 5.91 Å². The van der Waals surface area contributed by atoms with E-state index in [4.69, 9.17) is 0 Å². The smallest absolute Gasteiger partial charge is 0.221 e. The fourth-order valence-corrected chi connectivity index (χ4v) is 3.16. The summed E-state index contributed by atoms with van der Waals surface area (Å²) < 4.78 is 0. The number of rotatable bonds is 7. The average Bonchev–Trinajstić information content (AvgIpc) is 3.11. The molecule has 0 radical (unpaired) electrons. The highest BCUT2D eigenvalue weighted by molar-refractivity contribution is 5.88. The van der Waals surface area contributed by atoms with E-state index in [1.165, 1.54) is 29.0 Å². The van der Waals surface area contributed by atoms with Gasteiger partial charge in [-0.25, -0.2) is 0 Å². The van der Waals surface area contributed by atoms with Gasteiger partial charge in [0, 0.05) is 49.8 Å². The van der Waals surface area contributed by atoms with Gasteiger partial charge in [0.05, 0.1) is 0 Å². The van der Waals surface area contributed by atoms with Gasteiger partial charge in [0.15, 0.2) is 5.96 Å². The molecule has 0 spiro atoms. The van der Waals surface area contributed by atoms with Crippen molar-refractivity contribution < 1.29 is 4.79 Å². The van der Waals surface area contributed by atoms with E-state index in [0.717, 1.165) is 37.6 Å². The largest absolute Gasteiger partial charge is 0.361 e. The first-order chi connectivity index (χ1) is 13.7. The molecule has 4 N–H and O–H groups in total. The summed E-state index contributed by atoms with van der Waals surface area (Å²) in [6.45, 7) is 3.11. The predicted molar refractivity (Wildman–Crippen MR) is 116 cm³/mol. The third-order valence-corrected chi connectivity index (χ3v) is 4.57. The van der Waals surface area contributed by atoms with Crippen molar-refractivity contribution in [1.82, 2.24) is 15.6 Å². The number of anilines is 1. The van der Waals surface area contributed by atoms with Crippen LogP contribution in [0.3, 0.4) is 0 Å². The van der Waals surface area contributed by atoms with Gasteiger partial charge in [-0.05, 0) is 42.2 Å². The summed E-state index contributed by atoms with van der Waals surface area (Å²) in [7, 11) is 1.78. The Hall–Kier alpha value is -3.28. The number of aromatic nitrogens is 1. The van der Waals surface area contributed by atoms with Gasteiger partial charge in [0.25, 0.3) is 0 Å². The van der Waals surface area contributed by atoms with Crippen LogP contribution in [0.15, 0.2) is 59.7 Å². The maximum atomic E-state index is 11.1. The number of hydrogen-bond acceptors (Lipinski definition) is 2. The Bertz CT molecular complexity index is 943. The Kier molecular flexibility index (Phi) is 6.68. The van der Waals surface area contributed by atoms with Crippen molar-refractivity contribution >= 4 is 28.5 Å². The van der Waals surface area contributed by atoms with Crippen molar-refractivity contribution in [2.24, 2.45) is 4.99 Å². The molecule has 6 heteroatoms. The minimum atomic E-state index is -0.0584. The lowest BCUT2D eigenvalue weighted by Gasteiger charge is -2.12. The highest BCUT2D eigenvalue weighted by atomic mass is 16.1. The van der Waals surface area contributed by atoms with Gasteiger partial charge in [0.1, 0.15) is 0 Å². The summed E-state index contributed by atoms with van der Waals surface area (Å²) in [5.74, 6) is 0.742. The van der Waals surface area contributed by atoms with E-state index in [1.807, 2.05) is 30.3 Å². The topological polar surface area (TPSA) is 81.3 Å². The monoisotopic (exact) mass is 377 g/mol. The maximum Gasteiger partial charge on any atom is 0.221 e. The molecule has 0 saturated carbocycles. The highest BCUT2D eigenvalue weighted by Gasteiger charge is 2.04. The number of H-pyrrole nitrogens is 1. The van der Waals surface area contributed by atoms with Gasteiger partial charge in [-0.3, -0.25) is 9.79 Å². The number of nitrogens with one attached hydrogen (secondary N) is 4. The third kappa shape index (κ3) is 5.36. The Labute approximate surface area is 165 Å². The fourth-order valence-electron chi connectivity index (χ4n) is 3.16. The van der Waals surface area contributed by atoms with Crippen LogP contribution in [0.25, 0.3) is 10.9 Å². The number of aromatic amines is 1. The average molecular weight is 377 g/mol. The van der Waals surface area contributed by atoms with Crippen molar-refractivity contribution in [1.29, 1.82) is 0 Å². The number of aliphatic imine (C=N–C) groups is 1. The van der Waals surface area contributed by atoms with E-state index >= 15 is 0 Å². The van der Waals surface area contributed by atoms with Crippen LogP contribution in [-0.2, 0) is 17.6 Å². The lowest BCUT2D eigenvalue weighted by Crippen LogP contribution is -2.39. The molecule has 0 fully saturated rings. The molecule has 2 aromatic carbocycles. The zero-order valence-electron chi connectivity index (χ0n) is 16.4. The number of carbonyl (C=O) groups excluding carboxylic acids is 1. The summed E-state index contributed by atoms with van der Waals surface area (Å²) in [6.07, 6.45) is 3.88. The summed E-state index contributed by atoms with van der Waals surface area (Å²) >= 11 is 0. The van der Waals surface area contributed by atoms with Crippen LogP contribution in [0.4, 0.5) is 5.69 Å². The predicted octanol–water partition coefficient (Wildman–Crippen LogP) is 3.08. The van der Waals surface area contributed by atoms with E-state index < -0.39 is 0 Å². The summed E-state index contributed by atoms with van der Waals surface area (Å²) in [6, 6.07) is 16.2. The van der Waals surface area contributed by atoms with E-state index in [0.29, 0.717) is 0 Å². The van der Waals surface area contributed by atoms with Crippen molar-refractivity contribution in [3.05, 3.63) is 65.9 Å². The van der Waals surface area contributed by atoms with Crippen molar-refractivity contribution in [2.45, 2.75) is 19.8 Å². The van der Waals surface area contributed by atoms with E-state index in [2.05, 4.69) is 50.3 Å². The van der Waals surface area contributed by atoms with Crippen molar-refractivity contribution in [3.8, 4) is 0 Å². The molecule has 0 bridgehead atoms. The second-order valence-corrected chi connectivity index (χ2v) is 6.66. The second-order valence-electron chi connectivity index (χ2n) is 6.66. The van der Waals surface area contributed by atoms with Crippen LogP contribution in [0, 0.1) is 0 Å². The normalized spacial score (nSPS) is 11.4. The molecule has 146 valence electrons. The minimum Gasteiger partial charge on any atom is -0.361 e. The summed E-state index contributed by atoms with van der Waals surface area (Å²) in [5.41, 5.74) is 4.50. The maximum absolute atomic E-state index is 11.1. The zero-order valence-corrected chi connectivity index (χ0v) is 16.4. The molecule has 1 amide bonds. The van der Waals surface area contributed by atoms with Gasteiger partial charge < -0.3 is 20.9 Å². The number of carbonyl (C=O) groups is 1. The standard InChI is InChI=1S/C22H27N5O/c1-16(28)27-19-9-7-17(8-10-19)11-13-24-22(23-2)25-14-12-18-15-26-21-6-4-3-5-20(18)21/h3-10,15,26H,11-14H2,1-2H3,(H,27,28)(H2,23,24,25). The van der Waals surface area contributed by atoms with Crippen LogP contribution < -0.4 is 16.0 Å². The van der Waals surface area contributed by atoms with Crippen LogP contribution in [0.2, 0.25) is 0 Å². The molecular weight excluding hydrogens is 350 g/mol. The molecular formula is C22H27N5O. The molecule has 28 heavy (non-hydrogen) atoms. The fraction of sp³-hybridized carbons (Fsp3) is 0.273. The number of hydrogen-bond donors (Lipinski definition) is 4. The van der Waals surface area contributed by atoms with Gasteiger partial charge in [-0.1, -0.05) is 30.3 Å². The Balaban J connectivity index is 1.41. The number of guanidine groups is 1. The number of amides is 1. The molecule has 0 aliphatic carbocycles. The zero-order chi connectivity index (χ0) is 19.8. The lowest BCUT2D eigenvalue weighted by molar-refractivity contribution is -0.114. The number of nitrogens with zero attached hydrogens (tertiary/aromatic N) is 1. The van der Waals surface area contributed by atoms with E-state index in [1.54, 1.807) is 7.05 Å². The first-order valence-electron chi connectivity index (χ1n) is 9.52. The highest BCUT2D eigenvalue weighted by Crippen LogP contribution is 2.17. The molecule has 1 aromatic heterocycles. The molecule has 0 aliphatic rings. The molecule has 1 heterocycles. The van der Waals surface area contributed by atoms with Crippen LogP contribution >= 0.6 is 0 Å². The number of para-hydroxylation sites is 1. The quantitative estimate of drug-likeness (QED) is 0.377. The summed E-state index contributed by atoms with van der Waals surface area (Å²) in [5, 5.41) is 10.8. The summed E-state index contributed by atoms with van der Waals surface area (Å²) in [4.78, 5) is 18.7. The molecule has 3 aromatic rings. The molecule has 0 atom stereocenters. The van der Waals surface area contributed by atoms with Crippen LogP contribution in [-0.4, -0.2) is 37.0 Å². The molecule has 6 nitrogen and oxygen atoms in total. The first-order valence-corrected chi connectivity index (χ1v) is 9.52. The lowest BCUT2D eigenvalue weighted by atomic mass is 10.1. The Morgan fingerprint density at radius 1 is 1.00 bits per heavy atom. The van der Waals surface area contributed by atoms with Crippen molar-refractivity contribution in [2.75, 3.05) is 25.5 Å². The van der Waals surface area contributed by atoms with Gasteiger partial charge >= 0.3 is 0 Å². The van der Waals surface area contributed by atoms with Crippen LogP contribution in [0.5, 0.6) is 0 Å². The SMILES string of the molecule is CN=C(NCCc1ccc(NC(C)=O)cc1)NCCc1c[nH]c2ccccc12. The van der Waals surface area contributed by atoms with E-state index in [9.17, 15) is 4.79 Å². The Morgan fingerprint density at radius 3 is 2.43 bits per heavy atom. The third-order valence-electron chi connectivity index (χ3n) is 4.57. The molecule has 0 saturated heterocycles. The van der Waals surface area contributed by atoms with Gasteiger partial charge in [-0.2, -0.15) is 0 Å². The molecule has 3 rings (SSSR count).